The van der Waals surface area contributed by atoms with Crippen LogP contribution in [-0.2, 0) is 22.7 Å². The molecule has 2 N–H and O–H groups in total. The Hall–Kier alpha value is -3.42. The van der Waals surface area contributed by atoms with E-state index in [9.17, 15) is 18.8 Å². The van der Waals surface area contributed by atoms with Crippen molar-refractivity contribution < 1.29 is 18.8 Å². The van der Waals surface area contributed by atoms with Gasteiger partial charge in [0.25, 0.3) is 0 Å². The van der Waals surface area contributed by atoms with Gasteiger partial charge < -0.3 is 20.4 Å². The van der Waals surface area contributed by atoms with Gasteiger partial charge in [0.15, 0.2) is 0 Å². The van der Waals surface area contributed by atoms with Crippen molar-refractivity contribution in [3.63, 3.8) is 0 Å². The predicted octanol–water partition coefficient (Wildman–Crippen LogP) is 3.99. The monoisotopic (exact) mass is 466 g/mol. The fourth-order valence-electron chi connectivity index (χ4n) is 4.85. The van der Waals surface area contributed by atoms with Gasteiger partial charge >= 0.3 is 6.03 Å². The summed E-state index contributed by atoms with van der Waals surface area (Å²) in [4.78, 5) is 40.3. The van der Waals surface area contributed by atoms with E-state index in [1.54, 1.807) is 24.8 Å². The first-order valence-electron chi connectivity index (χ1n) is 11.6. The highest BCUT2D eigenvalue weighted by atomic mass is 19.1. The lowest BCUT2D eigenvalue weighted by molar-refractivity contribution is -0.141. The lowest BCUT2D eigenvalue weighted by atomic mass is 9.88. The number of carbonyl (C=O) groups is 3. The number of anilines is 1. The summed E-state index contributed by atoms with van der Waals surface area (Å²) in [5, 5.41) is 5.65. The van der Waals surface area contributed by atoms with Crippen molar-refractivity contribution in [3.8, 4) is 0 Å². The Morgan fingerprint density at radius 2 is 1.59 bits per heavy atom. The highest BCUT2D eigenvalue weighted by molar-refractivity contribution is 5.90. The number of piperidine rings is 1. The molecule has 0 aliphatic carbocycles. The number of amides is 4. The summed E-state index contributed by atoms with van der Waals surface area (Å²) in [5.74, 6) is -0.238. The van der Waals surface area contributed by atoms with Crippen LogP contribution in [0.15, 0.2) is 42.5 Å². The molecule has 1 saturated heterocycles. The molecule has 0 aromatic heterocycles. The van der Waals surface area contributed by atoms with Crippen LogP contribution in [0, 0.1) is 5.82 Å². The molecule has 0 bridgehead atoms. The third-order valence-corrected chi connectivity index (χ3v) is 6.62. The van der Waals surface area contributed by atoms with Crippen LogP contribution < -0.4 is 10.6 Å². The predicted molar refractivity (Wildman–Crippen MR) is 128 cm³/mol. The normalized spacial score (nSPS) is 16.2. The van der Waals surface area contributed by atoms with Gasteiger partial charge in [-0.25, -0.2) is 9.18 Å². The minimum Gasteiger partial charge on any atom is -0.342 e. The number of carbonyl (C=O) groups excluding carboxylic acids is 3. The van der Waals surface area contributed by atoms with E-state index >= 15 is 0 Å². The minimum atomic E-state index is -0.913. The second kappa shape index (κ2) is 9.44. The molecule has 4 rings (SSSR count). The molecule has 2 aromatic rings. The van der Waals surface area contributed by atoms with Gasteiger partial charge in [-0.15, -0.1) is 0 Å². The smallest absolute Gasteiger partial charge is 0.322 e. The largest absolute Gasteiger partial charge is 0.342 e. The summed E-state index contributed by atoms with van der Waals surface area (Å²) in [6, 6.07) is 12.3. The third-order valence-electron chi connectivity index (χ3n) is 6.62. The number of nitrogens with zero attached hydrogens (tertiary/aromatic N) is 2. The average Bonchev–Trinajstić information content (AvgIpc) is 3.22. The molecule has 7 nitrogen and oxygen atoms in total. The molecule has 0 saturated carbocycles. The number of hydrogen-bond acceptors (Lipinski definition) is 3. The zero-order valence-electron chi connectivity index (χ0n) is 19.9. The summed E-state index contributed by atoms with van der Waals surface area (Å²) in [6.45, 7) is 7.02. The molecular weight excluding hydrogens is 435 g/mol. The molecule has 2 aliphatic heterocycles. The van der Waals surface area contributed by atoms with Gasteiger partial charge in [-0.05, 0) is 73.6 Å². The lowest BCUT2D eigenvalue weighted by Gasteiger charge is -2.37. The topological polar surface area (TPSA) is 81.8 Å². The van der Waals surface area contributed by atoms with Gasteiger partial charge in [0.2, 0.25) is 11.8 Å². The second-order valence-corrected chi connectivity index (χ2v) is 9.69. The quantitative estimate of drug-likeness (QED) is 0.715. The van der Waals surface area contributed by atoms with Gasteiger partial charge in [-0.2, -0.15) is 0 Å². The Balaban J connectivity index is 1.29. The number of benzene rings is 2. The molecule has 4 amide bonds. The molecule has 2 heterocycles. The van der Waals surface area contributed by atoms with Crippen LogP contribution >= 0.6 is 0 Å². The fraction of sp³-hybridized carbons (Fsp3) is 0.423. The third kappa shape index (κ3) is 5.21. The maximum Gasteiger partial charge on any atom is 0.322 e. The molecule has 1 fully saturated rings. The number of nitrogens with one attached hydrogen (secondary N) is 2. The Bertz CT molecular complexity index is 1090. The number of rotatable bonds is 4. The van der Waals surface area contributed by atoms with Gasteiger partial charge in [0, 0.05) is 38.8 Å². The van der Waals surface area contributed by atoms with Gasteiger partial charge in [0.05, 0.1) is 0 Å². The van der Waals surface area contributed by atoms with Crippen LogP contribution in [0.1, 0.15) is 56.2 Å². The Kier molecular flexibility index (Phi) is 6.59. The maximum absolute atomic E-state index is 13.4. The molecule has 0 radical (unpaired) electrons. The van der Waals surface area contributed by atoms with Crippen LogP contribution in [0.3, 0.4) is 0 Å². The molecule has 2 aromatic carbocycles. The van der Waals surface area contributed by atoms with Crippen molar-refractivity contribution in [2.45, 2.75) is 58.2 Å². The molecule has 2 aliphatic rings. The van der Waals surface area contributed by atoms with Crippen LogP contribution in [0.5, 0.6) is 0 Å². The SMILES string of the molecule is CC(=O)NC(C)(C)C(=O)N1CCC(c2ccc(NC(=O)N3Cc4ccc(F)cc4C3)cc2)CC1. The van der Waals surface area contributed by atoms with E-state index in [4.69, 9.17) is 0 Å². The van der Waals surface area contributed by atoms with Crippen molar-refractivity contribution in [2.24, 2.45) is 0 Å². The van der Waals surface area contributed by atoms with E-state index in [1.807, 2.05) is 29.2 Å². The highest BCUT2D eigenvalue weighted by Gasteiger charge is 2.34. The number of halogens is 1. The summed E-state index contributed by atoms with van der Waals surface area (Å²) in [6.07, 6.45) is 1.69. The second-order valence-electron chi connectivity index (χ2n) is 9.69. The van der Waals surface area contributed by atoms with Gasteiger partial charge in [-0.1, -0.05) is 18.2 Å². The molecule has 0 spiro atoms. The highest BCUT2D eigenvalue weighted by Crippen LogP contribution is 2.30. The Morgan fingerprint density at radius 3 is 2.24 bits per heavy atom. The summed E-state index contributed by atoms with van der Waals surface area (Å²) in [7, 11) is 0. The van der Waals surface area contributed by atoms with Crippen LogP contribution in [0.2, 0.25) is 0 Å². The van der Waals surface area contributed by atoms with Crippen molar-refractivity contribution in [3.05, 3.63) is 65.0 Å². The average molecular weight is 467 g/mol. The van der Waals surface area contributed by atoms with Crippen LogP contribution in [0.4, 0.5) is 14.9 Å². The van der Waals surface area contributed by atoms with Crippen LogP contribution in [-0.4, -0.2) is 46.3 Å². The first-order valence-corrected chi connectivity index (χ1v) is 11.6. The maximum atomic E-state index is 13.4. The van der Waals surface area contributed by atoms with E-state index in [1.165, 1.54) is 24.6 Å². The van der Waals surface area contributed by atoms with E-state index < -0.39 is 5.54 Å². The molecule has 34 heavy (non-hydrogen) atoms. The molecule has 0 unspecified atom stereocenters. The van der Waals surface area contributed by atoms with E-state index in [-0.39, 0.29) is 23.7 Å². The Labute approximate surface area is 199 Å². The van der Waals surface area contributed by atoms with E-state index in [0.29, 0.717) is 37.8 Å². The zero-order chi connectivity index (χ0) is 24.5. The van der Waals surface area contributed by atoms with Crippen molar-refractivity contribution in [2.75, 3.05) is 18.4 Å². The number of likely N-dealkylation sites (tertiary alicyclic amines) is 1. The molecule has 8 heteroatoms. The van der Waals surface area contributed by atoms with Gasteiger partial charge in [-0.3, -0.25) is 9.59 Å². The van der Waals surface area contributed by atoms with Crippen molar-refractivity contribution >= 4 is 23.5 Å². The first-order chi connectivity index (χ1) is 16.1. The van der Waals surface area contributed by atoms with Crippen LogP contribution in [0.25, 0.3) is 0 Å². The van der Waals surface area contributed by atoms with Gasteiger partial charge in [0.1, 0.15) is 11.4 Å². The number of urea groups is 1. The zero-order valence-corrected chi connectivity index (χ0v) is 19.9. The standard InChI is InChI=1S/C26H31FN4O3/c1-17(32)29-26(2,3)24(33)30-12-10-19(11-13-30)18-5-8-23(9-6-18)28-25(34)31-15-20-4-7-22(27)14-21(20)16-31/h4-9,14,19H,10-13,15-16H2,1-3H3,(H,28,34)(H,29,32). The number of fused-ring (bicyclic) bond motifs is 1. The van der Waals surface area contributed by atoms with E-state index in [0.717, 1.165) is 24.0 Å². The first kappa shape index (κ1) is 23.7. The summed E-state index contributed by atoms with van der Waals surface area (Å²) < 4.78 is 13.4. The van der Waals surface area contributed by atoms with E-state index in [2.05, 4.69) is 10.6 Å². The summed E-state index contributed by atoms with van der Waals surface area (Å²) >= 11 is 0. The molecular formula is C26H31FN4O3. The fourth-order valence-corrected chi connectivity index (χ4v) is 4.85. The molecule has 180 valence electrons. The minimum absolute atomic E-state index is 0.0639. The van der Waals surface area contributed by atoms with Crippen molar-refractivity contribution in [1.82, 2.24) is 15.1 Å². The lowest BCUT2D eigenvalue weighted by Crippen LogP contribution is -2.56. The number of hydrogen-bond donors (Lipinski definition) is 2. The summed E-state index contributed by atoms with van der Waals surface area (Å²) in [5.41, 5.74) is 2.78. The molecule has 0 atom stereocenters. The van der Waals surface area contributed by atoms with Crippen molar-refractivity contribution in [1.29, 1.82) is 0 Å². The Morgan fingerprint density at radius 1 is 0.941 bits per heavy atom.